The first-order valence-electron chi connectivity index (χ1n) is 7.29. The molecule has 2 rings (SSSR count). The molecule has 0 saturated heterocycles. The van der Waals surface area contributed by atoms with E-state index in [0.717, 1.165) is 31.4 Å². The normalized spacial score (nSPS) is 33.2. The third kappa shape index (κ3) is 2.43. The van der Waals surface area contributed by atoms with Crippen LogP contribution in [0.3, 0.4) is 0 Å². The minimum absolute atomic E-state index is 0.296. The van der Waals surface area contributed by atoms with Gasteiger partial charge in [-0.15, -0.1) is 0 Å². The van der Waals surface area contributed by atoms with Gasteiger partial charge in [0.05, 0.1) is 12.1 Å². The molecular formula is C14H27N3. The van der Waals surface area contributed by atoms with E-state index in [9.17, 15) is 0 Å². The number of hydrogen-bond acceptors (Lipinski definition) is 3. The second kappa shape index (κ2) is 5.28. The van der Waals surface area contributed by atoms with E-state index in [1.54, 1.807) is 0 Å². The van der Waals surface area contributed by atoms with Crippen LogP contribution in [0.5, 0.6) is 0 Å². The molecule has 0 aromatic heterocycles. The van der Waals surface area contributed by atoms with Gasteiger partial charge < -0.3 is 10.6 Å². The molecule has 0 atom stereocenters. The third-order valence-electron chi connectivity index (χ3n) is 4.56. The fourth-order valence-corrected chi connectivity index (χ4v) is 3.56. The Morgan fingerprint density at radius 1 is 1.29 bits per heavy atom. The van der Waals surface area contributed by atoms with Crippen molar-refractivity contribution >= 4 is 5.96 Å². The lowest BCUT2D eigenvalue weighted by atomic mass is 9.74. The zero-order valence-corrected chi connectivity index (χ0v) is 11.4. The van der Waals surface area contributed by atoms with Gasteiger partial charge in [-0.2, -0.15) is 0 Å². The molecular weight excluding hydrogens is 210 g/mol. The summed E-state index contributed by atoms with van der Waals surface area (Å²) in [5, 5.41) is 0. The molecule has 98 valence electrons. The molecule has 3 nitrogen and oxygen atoms in total. The van der Waals surface area contributed by atoms with E-state index < -0.39 is 0 Å². The van der Waals surface area contributed by atoms with Crippen LogP contribution >= 0.6 is 0 Å². The number of guanidine groups is 1. The molecule has 1 aliphatic carbocycles. The predicted octanol–water partition coefficient (Wildman–Crippen LogP) is 2.76. The highest BCUT2D eigenvalue weighted by Gasteiger charge is 2.43. The zero-order chi connectivity index (χ0) is 12.3. The highest BCUT2D eigenvalue weighted by atomic mass is 15.4. The van der Waals surface area contributed by atoms with Gasteiger partial charge in [0.1, 0.15) is 0 Å². The van der Waals surface area contributed by atoms with E-state index in [1.807, 2.05) is 0 Å². The van der Waals surface area contributed by atoms with Gasteiger partial charge in [0.15, 0.2) is 5.96 Å². The van der Waals surface area contributed by atoms with Crippen LogP contribution in [0.1, 0.15) is 58.8 Å². The summed E-state index contributed by atoms with van der Waals surface area (Å²) in [7, 11) is 0. The van der Waals surface area contributed by atoms with E-state index in [2.05, 4.69) is 23.7 Å². The molecule has 0 amide bonds. The van der Waals surface area contributed by atoms with Gasteiger partial charge in [-0.05, 0) is 38.0 Å². The summed E-state index contributed by atoms with van der Waals surface area (Å²) in [6.45, 7) is 6.54. The molecule has 3 heteroatoms. The lowest BCUT2D eigenvalue weighted by Gasteiger charge is -2.44. The van der Waals surface area contributed by atoms with Crippen LogP contribution in [0.2, 0.25) is 0 Å². The summed E-state index contributed by atoms with van der Waals surface area (Å²) in [4.78, 5) is 6.90. The van der Waals surface area contributed by atoms with Crippen LogP contribution in [0.25, 0.3) is 0 Å². The van der Waals surface area contributed by atoms with E-state index >= 15 is 0 Å². The van der Waals surface area contributed by atoms with Crippen molar-refractivity contribution in [2.45, 2.75) is 64.3 Å². The number of rotatable bonds is 4. The van der Waals surface area contributed by atoms with Crippen molar-refractivity contribution in [3.05, 3.63) is 0 Å². The Kier molecular flexibility index (Phi) is 3.95. The highest BCUT2D eigenvalue weighted by Crippen LogP contribution is 2.40. The van der Waals surface area contributed by atoms with E-state index in [0.29, 0.717) is 5.54 Å². The van der Waals surface area contributed by atoms with Gasteiger partial charge in [-0.25, -0.2) is 0 Å². The third-order valence-corrected chi connectivity index (χ3v) is 4.56. The molecule has 0 unspecified atom stereocenters. The molecule has 0 aromatic carbocycles. The molecule has 17 heavy (non-hydrogen) atoms. The Hall–Kier alpha value is -0.730. The Balaban J connectivity index is 1.97. The molecule has 1 spiro atoms. The zero-order valence-electron chi connectivity index (χ0n) is 11.4. The van der Waals surface area contributed by atoms with Gasteiger partial charge in [-0.3, -0.25) is 4.99 Å². The first-order valence-corrected chi connectivity index (χ1v) is 7.29. The van der Waals surface area contributed by atoms with Crippen molar-refractivity contribution < 1.29 is 0 Å². The molecule has 0 radical (unpaired) electrons. The van der Waals surface area contributed by atoms with Crippen LogP contribution < -0.4 is 5.73 Å². The van der Waals surface area contributed by atoms with E-state index in [4.69, 9.17) is 5.73 Å². The Bertz CT molecular complexity index is 277. The van der Waals surface area contributed by atoms with Gasteiger partial charge in [0.25, 0.3) is 0 Å². The van der Waals surface area contributed by atoms with Gasteiger partial charge in [0.2, 0.25) is 0 Å². The summed E-state index contributed by atoms with van der Waals surface area (Å²) >= 11 is 0. The van der Waals surface area contributed by atoms with E-state index in [-0.39, 0.29) is 0 Å². The maximum atomic E-state index is 6.04. The maximum Gasteiger partial charge on any atom is 0.191 e. The first-order chi connectivity index (χ1) is 8.22. The van der Waals surface area contributed by atoms with E-state index in [1.165, 1.54) is 38.5 Å². The molecule has 1 heterocycles. The lowest BCUT2D eigenvalue weighted by molar-refractivity contribution is 0.113. The second-order valence-electron chi connectivity index (χ2n) is 5.78. The largest absolute Gasteiger partial charge is 0.370 e. The fourth-order valence-electron chi connectivity index (χ4n) is 3.56. The van der Waals surface area contributed by atoms with Gasteiger partial charge in [-0.1, -0.05) is 26.7 Å². The minimum atomic E-state index is 0.296. The molecule has 0 aromatic rings. The molecule has 1 fully saturated rings. The Morgan fingerprint density at radius 3 is 2.59 bits per heavy atom. The molecule has 2 aliphatic rings. The average molecular weight is 237 g/mol. The topological polar surface area (TPSA) is 41.6 Å². The van der Waals surface area contributed by atoms with Crippen molar-refractivity contribution in [3.63, 3.8) is 0 Å². The number of aliphatic imine (C=N–C) groups is 1. The second-order valence-corrected chi connectivity index (χ2v) is 5.78. The first kappa shape index (κ1) is 12.7. The lowest BCUT2D eigenvalue weighted by Crippen LogP contribution is -2.53. The van der Waals surface area contributed by atoms with Crippen LogP contribution in [0, 0.1) is 5.92 Å². The van der Waals surface area contributed by atoms with Gasteiger partial charge >= 0.3 is 0 Å². The highest BCUT2D eigenvalue weighted by molar-refractivity contribution is 5.81. The maximum absolute atomic E-state index is 6.04. The minimum Gasteiger partial charge on any atom is -0.370 e. The van der Waals surface area contributed by atoms with Crippen molar-refractivity contribution in [1.29, 1.82) is 0 Å². The summed E-state index contributed by atoms with van der Waals surface area (Å²) in [6, 6.07) is 0. The van der Waals surface area contributed by atoms with Crippen molar-refractivity contribution in [3.8, 4) is 0 Å². The number of nitrogens with two attached hydrogens (primary N) is 1. The standard InChI is InChI=1S/C14H27N3/c1-3-5-12-6-8-14(9-7-12)11-16-13(15)17(14)10-4-2/h12H,3-11H2,1-2H3,(H2,15,16). The summed E-state index contributed by atoms with van der Waals surface area (Å²) in [5.74, 6) is 1.75. The van der Waals surface area contributed by atoms with Crippen LogP contribution in [0.4, 0.5) is 0 Å². The predicted molar refractivity (Wildman–Crippen MR) is 73.1 cm³/mol. The summed E-state index contributed by atoms with van der Waals surface area (Å²) < 4.78 is 0. The molecule has 2 N–H and O–H groups in total. The van der Waals surface area contributed by atoms with Crippen LogP contribution in [-0.4, -0.2) is 29.5 Å². The molecule has 0 bridgehead atoms. The molecule has 1 saturated carbocycles. The SMILES string of the molecule is CCCC1CCC2(CC1)CN=C(N)N2CCC. The molecule has 1 aliphatic heterocycles. The van der Waals surface area contributed by atoms with Crippen molar-refractivity contribution in [2.24, 2.45) is 16.6 Å². The van der Waals surface area contributed by atoms with Gasteiger partial charge in [0, 0.05) is 6.54 Å². The van der Waals surface area contributed by atoms with Crippen LogP contribution in [-0.2, 0) is 0 Å². The smallest absolute Gasteiger partial charge is 0.191 e. The van der Waals surface area contributed by atoms with Crippen molar-refractivity contribution in [2.75, 3.05) is 13.1 Å². The summed E-state index contributed by atoms with van der Waals surface area (Å²) in [6.07, 6.45) is 9.23. The quantitative estimate of drug-likeness (QED) is 0.817. The summed E-state index contributed by atoms with van der Waals surface area (Å²) in [5.41, 5.74) is 6.34. The Labute approximate surface area is 105 Å². The average Bonchev–Trinajstić information content (AvgIpc) is 2.63. The Morgan fingerprint density at radius 2 is 2.00 bits per heavy atom. The monoisotopic (exact) mass is 237 g/mol. The number of hydrogen-bond donors (Lipinski definition) is 1. The van der Waals surface area contributed by atoms with Crippen LogP contribution in [0.15, 0.2) is 4.99 Å². The van der Waals surface area contributed by atoms with Crippen molar-refractivity contribution in [1.82, 2.24) is 4.90 Å². The number of nitrogens with zero attached hydrogens (tertiary/aromatic N) is 2. The fraction of sp³-hybridized carbons (Fsp3) is 0.929.